The number of nitrogens with two attached hydrogens (primary N) is 2. The van der Waals surface area contributed by atoms with Crippen molar-refractivity contribution >= 4 is 52.5 Å². The largest absolute Gasteiger partial charge is 0.484 e. The third-order valence-corrected chi connectivity index (χ3v) is 3.52. The highest BCUT2D eigenvalue weighted by molar-refractivity contribution is 14.1. The highest BCUT2D eigenvalue weighted by atomic mass is 127. The minimum atomic E-state index is -0.508. The lowest BCUT2D eigenvalue weighted by Crippen LogP contribution is -2.21. The monoisotopic (exact) mass is 468 g/mol. The highest BCUT2D eigenvalue weighted by Gasteiger charge is 2.15. The van der Waals surface area contributed by atoms with Crippen LogP contribution in [0.5, 0.6) is 5.75 Å². The molecule has 0 fully saturated rings. The predicted molar refractivity (Wildman–Crippen MR) is 106 cm³/mol. The molecule has 2 heterocycles. The fraction of sp³-hybridized carbons (Fsp3) is 0.188. The normalized spacial score (nSPS) is 12.6. The number of hydrogen-bond acceptors (Lipinski definition) is 7. The maximum Gasteiger partial charge on any atom is 0.255 e. The molecule has 0 bridgehead atoms. The molecule has 1 aliphatic rings. The molecule has 26 heavy (non-hydrogen) atoms. The quantitative estimate of drug-likeness (QED) is 0.455. The van der Waals surface area contributed by atoms with Crippen LogP contribution in [0.3, 0.4) is 0 Å². The van der Waals surface area contributed by atoms with Gasteiger partial charge in [0.05, 0.1) is 22.9 Å². The van der Waals surface area contributed by atoms with E-state index in [9.17, 15) is 9.59 Å². The molecule has 1 aromatic heterocycles. The molecule has 0 saturated heterocycles. The van der Waals surface area contributed by atoms with Gasteiger partial charge in [0.25, 0.3) is 5.91 Å². The van der Waals surface area contributed by atoms with Gasteiger partial charge in [0.2, 0.25) is 11.9 Å². The maximum absolute atomic E-state index is 11.1. The molecule has 0 aliphatic carbocycles. The van der Waals surface area contributed by atoms with Crippen LogP contribution >= 0.6 is 22.9 Å². The summed E-state index contributed by atoms with van der Waals surface area (Å²) < 4.78 is 8.93. The number of ether oxygens (including phenoxy) is 1. The van der Waals surface area contributed by atoms with Crippen LogP contribution in [0.2, 0.25) is 0 Å². The third-order valence-electron chi connectivity index (χ3n) is 3.24. The number of anilines is 2. The molecule has 10 heteroatoms. The van der Waals surface area contributed by atoms with Crippen molar-refractivity contribution in [1.82, 2.24) is 9.97 Å². The Hall–Kier alpha value is -2.76. The van der Waals surface area contributed by atoms with Crippen molar-refractivity contribution in [2.75, 3.05) is 17.7 Å². The average molecular weight is 468 g/mol. The van der Waals surface area contributed by atoms with Gasteiger partial charge in [0.1, 0.15) is 5.75 Å². The SMILES string of the molecule is NC(=O)COc1ccc2c(c1)CCC(=O)N2.Nc1ncc(/C=N/I)cn1. The first-order valence-electron chi connectivity index (χ1n) is 7.53. The molecule has 3 rings (SSSR count). The van der Waals surface area contributed by atoms with Crippen molar-refractivity contribution < 1.29 is 14.3 Å². The molecule has 2 amide bonds. The van der Waals surface area contributed by atoms with Crippen LogP contribution in [0, 0.1) is 0 Å². The standard InChI is InChI=1S/C11H12N2O3.C5H5IN4/c12-10(14)6-16-8-2-3-9-7(5-8)1-4-11(15)13-9;6-10-3-4-1-8-5(7)9-2-4/h2-3,5H,1,4,6H2,(H2,12,14)(H,13,15);1-3H,(H2,7,8,9)/b;10-3+. The number of rotatable bonds is 4. The second kappa shape index (κ2) is 9.65. The molecular weight excluding hydrogens is 451 g/mol. The molecule has 136 valence electrons. The lowest BCUT2D eigenvalue weighted by Gasteiger charge is -2.17. The smallest absolute Gasteiger partial charge is 0.255 e. The fourth-order valence-electron chi connectivity index (χ4n) is 2.08. The van der Waals surface area contributed by atoms with Gasteiger partial charge in [0.15, 0.2) is 6.61 Å². The second-order valence-corrected chi connectivity index (χ2v) is 5.78. The van der Waals surface area contributed by atoms with Gasteiger partial charge in [-0.3, -0.25) is 9.59 Å². The van der Waals surface area contributed by atoms with Crippen LogP contribution in [0.4, 0.5) is 11.6 Å². The van der Waals surface area contributed by atoms with Gasteiger partial charge in [-0.25, -0.2) is 13.2 Å². The summed E-state index contributed by atoms with van der Waals surface area (Å²) in [5.41, 5.74) is 12.9. The molecule has 2 aromatic rings. The Balaban J connectivity index is 0.000000209. The lowest BCUT2D eigenvalue weighted by atomic mass is 10.0. The van der Waals surface area contributed by atoms with E-state index >= 15 is 0 Å². The van der Waals surface area contributed by atoms with Crippen LogP contribution in [0.25, 0.3) is 0 Å². The first kappa shape index (κ1) is 19.6. The number of carbonyl (C=O) groups is 2. The van der Waals surface area contributed by atoms with Crippen LogP contribution in [-0.2, 0) is 16.0 Å². The number of hydrogen-bond donors (Lipinski definition) is 3. The number of carbonyl (C=O) groups excluding carboxylic acids is 2. The number of nitrogens with zero attached hydrogens (tertiary/aromatic N) is 3. The van der Waals surface area contributed by atoms with Crippen molar-refractivity contribution in [1.29, 1.82) is 0 Å². The molecule has 0 atom stereocenters. The zero-order valence-electron chi connectivity index (χ0n) is 13.7. The summed E-state index contributed by atoms with van der Waals surface area (Å²) >= 11 is 1.88. The van der Waals surface area contributed by atoms with Crippen LogP contribution < -0.4 is 21.5 Å². The molecule has 9 nitrogen and oxygen atoms in total. The summed E-state index contributed by atoms with van der Waals surface area (Å²) in [4.78, 5) is 29.2. The maximum atomic E-state index is 11.1. The first-order chi connectivity index (χ1) is 12.5. The van der Waals surface area contributed by atoms with Crippen molar-refractivity contribution in [3.8, 4) is 5.75 Å². The van der Waals surface area contributed by atoms with Crippen molar-refractivity contribution in [2.45, 2.75) is 12.8 Å². The van der Waals surface area contributed by atoms with Crippen LogP contribution in [-0.4, -0.2) is 34.6 Å². The van der Waals surface area contributed by atoms with E-state index in [-0.39, 0.29) is 18.5 Å². The second-order valence-electron chi connectivity index (χ2n) is 5.22. The number of primary amides is 1. The number of nitrogen functional groups attached to an aromatic ring is 1. The third kappa shape index (κ3) is 6.27. The average Bonchev–Trinajstić information content (AvgIpc) is 2.62. The van der Waals surface area contributed by atoms with E-state index in [1.807, 2.05) is 28.9 Å². The van der Waals surface area contributed by atoms with E-state index in [1.54, 1.807) is 30.7 Å². The number of nitrogens with one attached hydrogen (secondary N) is 1. The Morgan fingerprint density at radius 1 is 1.35 bits per heavy atom. The number of benzene rings is 1. The summed E-state index contributed by atoms with van der Waals surface area (Å²) in [5.74, 6) is 0.392. The molecule has 0 saturated carbocycles. The molecule has 0 spiro atoms. The summed E-state index contributed by atoms with van der Waals surface area (Å²) in [5, 5.41) is 2.77. The zero-order valence-corrected chi connectivity index (χ0v) is 15.8. The van der Waals surface area contributed by atoms with Crippen molar-refractivity contribution in [3.63, 3.8) is 0 Å². The topological polar surface area (TPSA) is 146 Å². The predicted octanol–water partition coefficient (Wildman–Crippen LogP) is 1.26. The number of aryl methyl sites for hydroxylation is 1. The van der Waals surface area contributed by atoms with Gasteiger partial charge in [-0.1, -0.05) is 0 Å². The minimum absolute atomic E-state index is 0.0262. The molecular formula is C16H17IN6O3. The number of halogens is 1. The van der Waals surface area contributed by atoms with Crippen molar-refractivity contribution in [2.24, 2.45) is 8.94 Å². The number of amides is 2. The highest BCUT2D eigenvalue weighted by Crippen LogP contribution is 2.26. The Bertz CT molecular complexity index is 810. The Kier molecular flexibility index (Phi) is 7.26. The lowest BCUT2D eigenvalue weighted by molar-refractivity contribution is -0.120. The van der Waals surface area contributed by atoms with E-state index in [0.717, 1.165) is 16.8 Å². The molecule has 1 aliphatic heterocycles. The van der Waals surface area contributed by atoms with Gasteiger partial charge in [-0.05, 0) is 30.2 Å². The zero-order chi connectivity index (χ0) is 18.9. The Labute approximate surface area is 163 Å². The summed E-state index contributed by atoms with van der Waals surface area (Å²) in [6.45, 7) is -0.134. The van der Waals surface area contributed by atoms with E-state index in [4.69, 9.17) is 16.2 Å². The molecule has 0 radical (unpaired) electrons. The number of aromatic nitrogens is 2. The van der Waals surface area contributed by atoms with Crippen molar-refractivity contribution in [3.05, 3.63) is 41.7 Å². The van der Waals surface area contributed by atoms with E-state index in [2.05, 4.69) is 18.5 Å². The van der Waals surface area contributed by atoms with Gasteiger partial charge >= 0.3 is 0 Å². The molecule has 0 unspecified atom stereocenters. The Morgan fingerprint density at radius 2 is 2.08 bits per heavy atom. The molecule has 1 aromatic carbocycles. The van der Waals surface area contributed by atoms with Gasteiger partial charge < -0.3 is 21.5 Å². The first-order valence-corrected chi connectivity index (χ1v) is 8.50. The van der Waals surface area contributed by atoms with E-state index in [0.29, 0.717) is 18.6 Å². The minimum Gasteiger partial charge on any atom is -0.484 e. The Morgan fingerprint density at radius 3 is 2.73 bits per heavy atom. The summed E-state index contributed by atoms with van der Waals surface area (Å²) in [6.07, 6.45) is 6.05. The van der Waals surface area contributed by atoms with E-state index in [1.165, 1.54) is 0 Å². The van der Waals surface area contributed by atoms with E-state index < -0.39 is 5.91 Å². The van der Waals surface area contributed by atoms with Gasteiger partial charge in [-0.2, -0.15) is 0 Å². The summed E-state index contributed by atoms with van der Waals surface area (Å²) in [7, 11) is 0. The summed E-state index contributed by atoms with van der Waals surface area (Å²) in [6, 6.07) is 5.29. The molecule has 5 N–H and O–H groups in total. The van der Waals surface area contributed by atoms with Crippen LogP contribution in [0.1, 0.15) is 17.5 Å². The van der Waals surface area contributed by atoms with Gasteiger partial charge in [-0.15, -0.1) is 0 Å². The fourth-order valence-corrected chi connectivity index (χ4v) is 2.40. The van der Waals surface area contributed by atoms with Crippen LogP contribution in [0.15, 0.2) is 33.8 Å². The van der Waals surface area contributed by atoms with Gasteiger partial charge in [0, 0.05) is 36.3 Å². The number of fused-ring (bicyclic) bond motifs is 1.